The molecular weight excluding hydrogens is 332 g/mol. The molecule has 0 aliphatic carbocycles. The Hall–Kier alpha value is -1.59. The molecule has 21 heavy (non-hydrogen) atoms. The summed E-state index contributed by atoms with van der Waals surface area (Å²) in [5.74, 6) is 1.48. The van der Waals surface area contributed by atoms with E-state index in [4.69, 9.17) is 15.2 Å². The molecule has 0 bridgehead atoms. The van der Waals surface area contributed by atoms with Gasteiger partial charge in [0.15, 0.2) is 0 Å². The number of methoxy groups -OCH3 is 1. The maximum Gasteiger partial charge on any atom is 0.137 e. The van der Waals surface area contributed by atoms with Gasteiger partial charge < -0.3 is 15.2 Å². The highest BCUT2D eigenvalue weighted by molar-refractivity contribution is 9.10. The Morgan fingerprint density at radius 2 is 2.10 bits per heavy atom. The Kier molecular flexibility index (Phi) is 5.59. The molecule has 0 saturated carbocycles. The maximum absolute atomic E-state index is 6.35. The van der Waals surface area contributed by atoms with Crippen molar-refractivity contribution in [3.63, 3.8) is 0 Å². The molecule has 0 fully saturated rings. The van der Waals surface area contributed by atoms with Crippen LogP contribution in [0.5, 0.6) is 11.5 Å². The van der Waals surface area contributed by atoms with E-state index in [9.17, 15) is 0 Å². The van der Waals surface area contributed by atoms with Crippen molar-refractivity contribution in [2.45, 2.75) is 19.4 Å². The molecule has 5 heteroatoms. The van der Waals surface area contributed by atoms with Gasteiger partial charge in [0.05, 0.1) is 26.0 Å². The molecule has 0 amide bonds. The predicted octanol–water partition coefficient (Wildman–Crippen LogP) is 3.69. The molecule has 2 N–H and O–H groups in total. The molecule has 2 aromatic rings. The van der Waals surface area contributed by atoms with Crippen LogP contribution < -0.4 is 15.2 Å². The largest absolute Gasteiger partial charge is 0.496 e. The maximum atomic E-state index is 6.35. The summed E-state index contributed by atoms with van der Waals surface area (Å²) in [4.78, 5) is 4.20. The van der Waals surface area contributed by atoms with Crippen molar-refractivity contribution in [2.24, 2.45) is 5.73 Å². The Bertz CT molecular complexity index is 605. The lowest BCUT2D eigenvalue weighted by molar-refractivity contribution is 0.315. The quantitative estimate of drug-likeness (QED) is 0.862. The molecule has 112 valence electrons. The van der Waals surface area contributed by atoms with E-state index in [1.807, 2.05) is 24.3 Å². The van der Waals surface area contributed by atoms with Crippen molar-refractivity contribution in [3.05, 3.63) is 52.3 Å². The van der Waals surface area contributed by atoms with Gasteiger partial charge in [-0.1, -0.05) is 28.9 Å². The zero-order chi connectivity index (χ0) is 15.2. The van der Waals surface area contributed by atoms with Crippen LogP contribution in [0.4, 0.5) is 0 Å². The molecule has 0 spiro atoms. The van der Waals surface area contributed by atoms with Crippen LogP contribution in [0.3, 0.4) is 0 Å². The molecule has 1 unspecified atom stereocenters. The number of aromatic nitrogens is 1. The van der Waals surface area contributed by atoms with Crippen molar-refractivity contribution in [2.75, 3.05) is 13.7 Å². The minimum Gasteiger partial charge on any atom is -0.496 e. The molecule has 0 aliphatic heterocycles. The third kappa shape index (κ3) is 3.95. The normalized spacial score (nSPS) is 12.0. The summed E-state index contributed by atoms with van der Waals surface area (Å²) in [6.07, 6.45) is 4.41. The second kappa shape index (κ2) is 7.43. The Balaban J connectivity index is 2.29. The van der Waals surface area contributed by atoms with E-state index in [0.717, 1.165) is 33.5 Å². The van der Waals surface area contributed by atoms with Gasteiger partial charge in [0.1, 0.15) is 11.5 Å². The van der Waals surface area contributed by atoms with Crippen LogP contribution in [0.1, 0.15) is 30.5 Å². The third-order valence-electron chi connectivity index (χ3n) is 3.10. The lowest BCUT2D eigenvalue weighted by Crippen LogP contribution is -2.13. The summed E-state index contributed by atoms with van der Waals surface area (Å²) in [7, 11) is 1.64. The molecule has 0 radical (unpaired) electrons. The zero-order valence-corrected chi connectivity index (χ0v) is 13.8. The van der Waals surface area contributed by atoms with Crippen molar-refractivity contribution in [1.29, 1.82) is 0 Å². The molecular formula is C16H19BrN2O2. The average molecular weight is 351 g/mol. The molecule has 4 nitrogen and oxygen atoms in total. The first kappa shape index (κ1) is 15.8. The van der Waals surface area contributed by atoms with Gasteiger partial charge in [-0.25, -0.2) is 0 Å². The highest BCUT2D eigenvalue weighted by atomic mass is 79.9. The van der Waals surface area contributed by atoms with Gasteiger partial charge in [-0.2, -0.15) is 0 Å². The summed E-state index contributed by atoms with van der Waals surface area (Å²) >= 11 is 3.43. The smallest absolute Gasteiger partial charge is 0.137 e. The van der Waals surface area contributed by atoms with Gasteiger partial charge in [-0.3, -0.25) is 4.98 Å². The van der Waals surface area contributed by atoms with Gasteiger partial charge in [-0.05, 0) is 30.2 Å². The van der Waals surface area contributed by atoms with E-state index in [2.05, 4.69) is 27.8 Å². The first-order chi connectivity index (χ1) is 10.2. The fourth-order valence-corrected chi connectivity index (χ4v) is 2.37. The van der Waals surface area contributed by atoms with Gasteiger partial charge in [-0.15, -0.1) is 0 Å². The summed E-state index contributed by atoms with van der Waals surface area (Å²) in [5.41, 5.74) is 8.15. The molecule has 0 aliphatic rings. The fraction of sp³-hybridized carbons (Fsp3) is 0.312. The molecule has 2 rings (SSSR count). The van der Waals surface area contributed by atoms with Crippen LogP contribution >= 0.6 is 15.9 Å². The van der Waals surface area contributed by atoms with Crippen LogP contribution in [0.25, 0.3) is 0 Å². The summed E-state index contributed by atoms with van der Waals surface area (Å²) in [5, 5.41) is 0. The molecule has 0 saturated heterocycles. The van der Waals surface area contributed by atoms with Gasteiger partial charge in [0, 0.05) is 16.2 Å². The topological polar surface area (TPSA) is 57.4 Å². The van der Waals surface area contributed by atoms with Crippen molar-refractivity contribution >= 4 is 15.9 Å². The van der Waals surface area contributed by atoms with Crippen LogP contribution in [0.15, 0.2) is 41.1 Å². The number of benzene rings is 1. The molecule has 1 atom stereocenters. The Morgan fingerprint density at radius 1 is 1.29 bits per heavy atom. The minimum atomic E-state index is -0.314. The van der Waals surface area contributed by atoms with Gasteiger partial charge in [0.25, 0.3) is 0 Å². The number of pyridine rings is 1. The van der Waals surface area contributed by atoms with Crippen molar-refractivity contribution in [1.82, 2.24) is 4.98 Å². The lowest BCUT2D eigenvalue weighted by Gasteiger charge is -2.17. The number of hydrogen-bond donors (Lipinski definition) is 1. The summed E-state index contributed by atoms with van der Waals surface area (Å²) in [6, 6.07) is 7.41. The number of hydrogen-bond acceptors (Lipinski definition) is 4. The van der Waals surface area contributed by atoms with E-state index in [1.54, 1.807) is 19.5 Å². The SMILES string of the molecule is CCCOc1cncc(C(N)c2ccc(Br)cc2OC)c1. The van der Waals surface area contributed by atoms with Crippen molar-refractivity contribution in [3.8, 4) is 11.5 Å². The highest BCUT2D eigenvalue weighted by Gasteiger charge is 2.15. The number of nitrogens with zero attached hydrogens (tertiary/aromatic N) is 1. The monoisotopic (exact) mass is 350 g/mol. The van der Waals surface area contributed by atoms with Crippen LogP contribution in [-0.4, -0.2) is 18.7 Å². The van der Waals surface area contributed by atoms with E-state index in [-0.39, 0.29) is 6.04 Å². The van der Waals surface area contributed by atoms with Crippen LogP contribution in [-0.2, 0) is 0 Å². The van der Waals surface area contributed by atoms with E-state index in [0.29, 0.717) is 6.61 Å². The Labute approximate surface area is 133 Å². The summed E-state index contributed by atoms with van der Waals surface area (Å²) in [6.45, 7) is 2.73. The zero-order valence-electron chi connectivity index (χ0n) is 12.2. The van der Waals surface area contributed by atoms with E-state index >= 15 is 0 Å². The second-order valence-electron chi connectivity index (χ2n) is 4.67. The first-order valence-corrected chi connectivity index (χ1v) is 7.61. The highest BCUT2D eigenvalue weighted by Crippen LogP contribution is 2.31. The summed E-state index contributed by atoms with van der Waals surface area (Å²) < 4.78 is 12.0. The van der Waals surface area contributed by atoms with E-state index < -0.39 is 0 Å². The fourth-order valence-electron chi connectivity index (χ4n) is 2.03. The van der Waals surface area contributed by atoms with E-state index in [1.165, 1.54) is 0 Å². The molecule has 1 heterocycles. The standard InChI is InChI=1S/C16H19BrN2O2/c1-3-6-21-13-7-11(9-19-10-13)16(18)14-5-4-12(17)8-15(14)20-2/h4-5,7-10,16H,3,6,18H2,1-2H3. The molecule has 1 aromatic heterocycles. The third-order valence-corrected chi connectivity index (χ3v) is 3.59. The Morgan fingerprint density at radius 3 is 2.81 bits per heavy atom. The number of ether oxygens (including phenoxy) is 2. The second-order valence-corrected chi connectivity index (χ2v) is 5.58. The van der Waals surface area contributed by atoms with Gasteiger partial charge in [0.2, 0.25) is 0 Å². The average Bonchev–Trinajstić information content (AvgIpc) is 2.52. The minimum absolute atomic E-state index is 0.314. The van der Waals surface area contributed by atoms with Crippen LogP contribution in [0.2, 0.25) is 0 Å². The van der Waals surface area contributed by atoms with Gasteiger partial charge >= 0.3 is 0 Å². The van der Waals surface area contributed by atoms with Crippen LogP contribution in [0, 0.1) is 0 Å². The lowest BCUT2D eigenvalue weighted by atomic mass is 10.00. The number of halogens is 1. The number of rotatable bonds is 6. The molecule has 1 aromatic carbocycles. The predicted molar refractivity (Wildman–Crippen MR) is 86.7 cm³/mol. The van der Waals surface area contributed by atoms with Crippen molar-refractivity contribution < 1.29 is 9.47 Å². The first-order valence-electron chi connectivity index (χ1n) is 6.82. The number of nitrogens with two attached hydrogens (primary N) is 1.